The molecular formula is C19H19NO2. The number of nitrogens with zero attached hydrogens (tertiary/aromatic N) is 1. The molecule has 0 atom stereocenters. The Morgan fingerprint density at radius 1 is 1.00 bits per heavy atom. The van der Waals surface area contributed by atoms with Crippen molar-refractivity contribution in [2.45, 2.75) is 26.3 Å². The molecule has 0 spiro atoms. The van der Waals surface area contributed by atoms with Crippen LogP contribution in [0.25, 0.3) is 0 Å². The standard InChI is InChI=1S/C19H19NO2/c1-14-6-8-15(9-7-14)12-18(21)19(22)20-11-10-16-4-2-3-5-17(16)13-20/h2-9H,10-13H2,1H3. The molecule has 0 aliphatic carbocycles. The van der Waals surface area contributed by atoms with Crippen molar-refractivity contribution in [2.75, 3.05) is 6.54 Å². The van der Waals surface area contributed by atoms with Gasteiger partial charge in [0.25, 0.3) is 5.91 Å². The predicted molar refractivity (Wildman–Crippen MR) is 85.5 cm³/mol. The molecule has 1 aliphatic heterocycles. The summed E-state index contributed by atoms with van der Waals surface area (Å²) in [7, 11) is 0. The number of amides is 1. The summed E-state index contributed by atoms with van der Waals surface area (Å²) in [6, 6.07) is 15.8. The Morgan fingerprint density at radius 2 is 1.68 bits per heavy atom. The molecule has 112 valence electrons. The van der Waals surface area contributed by atoms with Gasteiger partial charge < -0.3 is 4.90 Å². The highest BCUT2D eigenvalue weighted by Crippen LogP contribution is 2.19. The van der Waals surface area contributed by atoms with Crippen molar-refractivity contribution < 1.29 is 9.59 Å². The summed E-state index contributed by atoms with van der Waals surface area (Å²) in [6.07, 6.45) is 0.997. The molecule has 0 unspecified atom stereocenters. The zero-order chi connectivity index (χ0) is 15.5. The van der Waals surface area contributed by atoms with E-state index in [4.69, 9.17) is 0 Å². The summed E-state index contributed by atoms with van der Waals surface area (Å²) in [4.78, 5) is 26.2. The van der Waals surface area contributed by atoms with Crippen LogP contribution in [0.1, 0.15) is 22.3 Å². The average Bonchev–Trinajstić information content (AvgIpc) is 2.55. The Balaban J connectivity index is 1.67. The monoisotopic (exact) mass is 293 g/mol. The summed E-state index contributed by atoms with van der Waals surface area (Å²) < 4.78 is 0. The van der Waals surface area contributed by atoms with E-state index in [2.05, 4.69) is 6.07 Å². The van der Waals surface area contributed by atoms with Crippen LogP contribution in [0.3, 0.4) is 0 Å². The van der Waals surface area contributed by atoms with Crippen LogP contribution in [0.15, 0.2) is 48.5 Å². The molecule has 3 heteroatoms. The molecule has 0 saturated carbocycles. The molecule has 0 bridgehead atoms. The number of fused-ring (bicyclic) bond motifs is 1. The number of benzene rings is 2. The van der Waals surface area contributed by atoms with Crippen LogP contribution in [-0.2, 0) is 29.0 Å². The maximum Gasteiger partial charge on any atom is 0.290 e. The largest absolute Gasteiger partial charge is 0.331 e. The van der Waals surface area contributed by atoms with Gasteiger partial charge in [-0.2, -0.15) is 0 Å². The first-order valence-electron chi connectivity index (χ1n) is 7.58. The van der Waals surface area contributed by atoms with Gasteiger partial charge in [-0.1, -0.05) is 54.1 Å². The molecule has 3 rings (SSSR count). The van der Waals surface area contributed by atoms with Crippen LogP contribution in [0.5, 0.6) is 0 Å². The molecule has 0 aromatic heterocycles. The zero-order valence-corrected chi connectivity index (χ0v) is 12.7. The van der Waals surface area contributed by atoms with E-state index in [-0.39, 0.29) is 18.1 Å². The third-order valence-electron chi connectivity index (χ3n) is 4.14. The van der Waals surface area contributed by atoms with Crippen molar-refractivity contribution in [2.24, 2.45) is 0 Å². The van der Waals surface area contributed by atoms with E-state index in [1.54, 1.807) is 4.90 Å². The topological polar surface area (TPSA) is 37.4 Å². The van der Waals surface area contributed by atoms with Crippen LogP contribution >= 0.6 is 0 Å². The van der Waals surface area contributed by atoms with E-state index in [9.17, 15) is 9.59 Å². The predicted octanol–water partition coefficient (Wildman–Crippen LogP) is 2.69. The lowest BCUT2D eigenvalue weighted by molar-refractivity contribution is -0.145. The second-order valence-electron chi connectivity index (χ2n) is 5.83. The molecule has 0 radical (unpaired) electrons. The number of Topliss-reactive ketones (excluding diaryl/α,β-unsaturated/α-hetero) is 1. The fourth-order valence-electron chi connectivity index (χ4n) is 2.81. The van der Waals surface area contributed by atoms with Crippen molar-refractivity contribution >= 4 is 11.7 Å². The van der Waals surface area contributed by atoms with Crippen LogP contribution in [0.4, 0.5) is 0 Å². The average molecular weight is 293 g/mol. The lowest BCUT2D eigenvalue weighted by Crippen LogP contribution is -2.40. The first kappa shape index (κ1) is 14.5. The number of hydrogen-bond donors (Lipinski definition) is 0. The normalized spacial score (nSPS) is 13.6. The van der Waals surface area contributed by atoms with Crippen LogP contribution in [0.2, 0.25) is 0 Å². The summed E-state index contributed by atoms with van der Waals surface area (Å²) >= 11 is 0. The van der Waals surface area contributed by atoms with Crippen molar-refractivity contribution in [3.8, 4) is 0 Å². The molecule has 0 saturated heterocycles. The number of ketones is 1. The van der Waals surface area contributed by atoms with Crippen LogP contribution < -0.4 is 0 Å². The lowest BCUT2D eigenvalue weighted by Gasteiger charge is -2.28. The molecule has 22 heavy (non-hydrogen) atoms. The molecule has 3 nitrogen and oxygen atoms in total. The van der Waals surface area contributed by atoms with Gasteiger partial charge in [-0.05, 0) is 30.0 Å². The van der Waals surface area contributed by atoms with Crippen molar-refractivity contribution in [1.29, 1.82) is 0 Å². The number of rotatable bonds is 3. The Kier molecular flexibility index (Phi) is 4.05. The van der Waals surface area contributed by atoms with Crippen LogP contribution in [0, 0.1) is 6.92 Å². The molecule has 2 aromatic carbocycles. The highest BCUT2D eigenvalue weighted by molar-refractivity contribution is 6.36. The minimum absolute atomic E-state index is 0.178. The number of carbonyl (C=O) groups is 2. The van der Waals surface area contributed by atoms with Gasteiger partial charge in [-0.25, -0.2) is 0 Å². The van der Waals surface area contributed by atoms with Crippen LogP contribution in [-0.4, -0.2) is 23.1 Å². The quantitative estimate of drug-likeness (QED) is 0.816. The van der Waals surface area contributed by atoms with Gasteiger partial charge in [0.05, 0.1) is 0 Å². The van der Waals surface area contributed by atoms with E-state index < -0.39 is 0 Å². The maximum absolute atomic E-state index is 12.4. The van der Waals surface area contributed by atoms with Gasteiger partial charge in [-0.15, -0.1) is 0 Å². The molecule has 1 amide bonds. The van der Waals surface area contributed by atoms with Gasteiger partial charge in [0.2, 0.25) is 5.78 Å². The zero-order valence-electron chi connectivity index (χ0n) is 12.7. The first-order valence-corrected chi connectivity index (χ1v) is 7.58. The van der Waals surface area contributed by atoms with E-state index >= 15 is 0 Å². The van der Waals surface area contributed by atoms with E-state index in [1.807, 2.05) is 49.4 Å². The Morgan fingerprint density at radius 3 is 2.41 bits per heavy atom. The Labute approximate surface area is 130 Å². The van der Waals surface area contributed by atoms with E-state index in [0.29, 0.717) is 13.1 Å². The number of aryl methyl sites for hydroxylation is 1. The van der Waals surface area contributed by atoms with Gasteiger partial charge in [0.15, 0.2) is 0 Å². The summed E-state index contributed by atoms with van der Waals surface area (Å²) in [5.74, 6) is -0.696. The molecule has 2 aromatic rings. The maximum atomic E-state index is 12.4. The minimum atomic E-state index is -0.366. The van der Waals surface area contributed by atoms with Gasteiger partial charge in [0, 0.05) is 19.5 Å². The molecule has 0 N–H and O–H groups in total. The number of carbonyl (C=O) groups excluding carboxylic acids is 2. The third-order valence-corrected chi connectivity index (χ3v) is 4.14. The first-order chi connectivity index (χ1) is 10.6. The second kappa shape index (κ2) is 6.14. The van der Waals surface area contributed by atoms with Gasteiger partial charge >= 0.3 is 0 Å². The lowest BCUT2D eigenvalue weighted by atomic mass is 9.99. The minimum Gasteiger partial charge on any atom is -0.331 e. The number of hydrogen-bond acceptors (Lipinski definition) is 2. The molecule has 1 heterocycles. The fraction of sp³-hybridized carbons (Fsp3) is 0.263. The van der Waals surface area contributed by atoms with Gasteiger partial charge in [-0.3, -0.25) is 9.59 Å². The SMILES string of the molecule is Cc1ccc(CC(=O)C(=O)N2CCc3ccccc3C2)cc1. The highest BCUT2D eigenvalue weighted by atomic mass is 16.2. The molecule has 0 fully saturated rings. The summed E-state index contributed by atoms with van der Waals surface area (Å²) in [6.45, 7) is 3.16. The third kappa shape index (κ3) is 3.08. The van der Waals surface area contributed by atoms with E-state index in [0.717, 1.165) is 23.1 Å². The van der Waals surface area contributed by atoms with Crippen molar-refractivity contribution in [3.05, 3.63) is 70.8 Å². The Hall–Kier alpha value is -2.42. The summed E-state index contributed by atoms with van der Waals surface area (Å²) in [5.41, 5.74) is 4.46. The van der Waals surface area contributed by atoms with Crippen molar-refractivity contribution in [1.82, 2.24) is 4.90 Å². The second-order valence-corrected chi connectivity index (χ2v) is 5.83. The highest BCUT2D eigenvalue weighted by Gasteiger charge is 2.25. The Bertz CT molecular complexity index is 704. The van der Waals surface area contributed by atoms with Crippen molar-refractivity contribution in [3.63, 3.8) is 0 Å². The van der Waals surface area contributed by atoms with Gasteiger partial charge in [0.1, 0.15) is 0 Å². The van der Waals surface area contributed by atoms with E-state index in [1.165, 1.54) is 5.56 Å². The molecular weight excluding hydrogens is 274 g/mol. The fourth-order valence-corrected chi connectivity index (χ4v) is 2.81. The smallest absolute Gasteiger partial charge is 0.290 e. The molecule has 1 aliphatic rings. The summed E-state index contributed by atoms with van der Waals surface area (Å²) in [5, 5.41) is 0.